The van der Waals surface area contributed by atoms with E-state index >= 15 is 0 Å². The average Bonchev–Trinajstić information content (AvgIpc) is 2.04. The molecule has 1 aromatic carbocycles. The molecule has 0 saturated heterocycles. The first-order valence-corrected chi connectivity index (χ1v) is 4.47. The van der Waals surface area contributed by atoms with Gasteiger partial charge in [-0.25, -0.2) is 0 Å². The highest BCUT2D eigenvalue weighted by Gasteiger charge is 2.16. The fourth-order valence-electron chi connectivity index (χ4n) is 1.62. The Balaban J connectivity index is 2.53. The van der Waals surface area contributed by atoms with Crippen LogP contribution in [0.15, 0.2) is 18.2 Å². The molecule has 0 aromatic heterocycles. The summed E-state index contributed by atoms with van der Waals surface area (Å²) >= 11 is 5.81. The van der Waals surface area contributed by atoms with Crippen molar-refractivity contribution in [2.75, 3.05) is 0 Å². The van der Waals surface area contributed by atoms with E-state index in [4.69, 9.17) is 11.6 Å². The van der Waals surface area contributed by atoms with Gasteiger partial charge >= 0.3 is 0 Å². The first-order valence-electron chi connectivity index (χ1n) is 4.09. The quantitative estimate of drug-likeness (QED) is 0.600. The molecule has 1 aromatic rings. The minimum absolute atomic E-state index is 0.257. The van der Waals surface area contributed by atoms with E-state index in [0.717, 1.165) is 29.0 Å². The summed E-state index contributed by atoms with van der Waals surface area (Å²) in [4.78, 5) is 11.4. The number of aryl methyl sites for hydroxylation is 1. The molecular formula is C10H9ClO. The molecular weight excluding hydrogens is 172 g/mol. The summed E-state index contributed by atoms with van der Waals surface area (Å²) in [6.07, 6.45) is 2.64. The largest absolute Gasteiger partial charge is 0.294 e. The third-order valence-corrected chi connectivity index (χ3v) is 2.45. The van der Waals surface area contributed by atoms with Gasteiger partial charge in [0.25, 0.3) is 0 Å². The molecule has 1 aliphatic carbocycles. The maximum Gasteiger partial charge on any atom is 0.163 e. The Morgan fingerprint density at radius 3 is 2.92 bits per heavy atom. The molecule has 62 valence electrons. The number of rotatable bonds is 0. The fraction of sp³-hybridized carbons (Fsp3) is 0.300. The topological polar surface area (TPSA) is 17.1 Å². The number of hydrogen-bond donors (Lipinski definition) is 0. The van der Waals surface area contributed by atoms with Crippen LogP contribution in [0.25, 0.3) is 0 Å². The third-order valence-electron chi connectivity index (χ3n) is 2.22. The molecule has 0 N–H and O–H groups in total. The van der Waals surface area contributed by atoms with Gasteiger partial charge in [-0.2, -0.15) is 0 Å². The number of carbonyl (C=O) groups is 1. The van der Waals surface area contributed by atoms with Gasteiger partial charge in [-0.05, 0) is 36.6 Å². The lowest BCUT2D eigenvalue weighted by atomic mass is 9.91. The second-order valence-electron chi connectivity index (χ2n) is 3.08. The Kier molecular flexibility index (Phi) is 1.89. The van der Waals surface area contributed by atoms with Gasteiger partial charge in [-0.1, -0.05) is 11.6 Å². The van der Waals surface area contributed by atoms with Crippen molar-refractivity contribution in [3.8, 4) is 0 Å². The molecule has 0 heterocycles. The molecule has 0 aliphatic heterocycles. The standard InChI is InChI=1S/C10H9ClO/c11-8-4-5-9-7(6-8)2-1-3-10(9)12/h4-6H,1-3H2. The highest BCUT2D eigenvalue weighted by molar-refractivity contribution is 6.30. The molecule has 0 spiro atoms. The first-order chi connectivity index (χ1) is 5.77. The number of ketones is 1. The summed E-state index contributed by atoms with van der Waals surface area (Å²) in [5.74, 6) is 0.257. The zero-order valence-electron chi connectivity index (χ0n) is 6.64. The van der Waals surface area contributed by atoms with Crippen molar-refractivity contribution in [2.45, 2.75) is 19.3 Å². The monoisotopic (exact) mass is 180 g/mol. The molecule has 12 heavy (non-hydrogen) atoms. The van der Waals surface area contributed by atoms with Gasteiger partial charge in [0.1, 0.15) is 0 Å². The minimum atomic E-state index is 0.257. The summed E-state index contributed by atoms with van der Waals surface area (Å²) in [5, 5.41) is 0.725. The molecule has 0 atom stereocenters. The summed E-state index contributed by atoms with van der Waals surface area (Å²) in [6.45, 7) is 0. The van der Waals surface area contributed by atoms with E-state index in [2.05, 4.69) is 0 Å². The first kappa shape index (κ1) is 7.81. The highest BCUT2D eigenvalue weighted by Crippen LogP contribution is 2.23. The number of Topliss-reactive ketones (excluding diaryl/α,β-unsaturated/α-hetero) is 1. The van der Waals surface area contributed by atoms with Crippen LogP contribution in [0, 0.1) is 0 Å². The smallest absolute Gasteiger partial charge is 0.163 e. The van der Waals surface area contributed by atoms with E-state index in [-0.39, 0.29) is 5.78 Å². The Hall–Kier alpha value is -0.820. The maximum absolute atomic E-state index is 11.4. The highest BCUT2D eigenvalue weighted by atomic mass is 35.5. The van der Waals surface area contributed by atoms with Crippen molar-refractivity contribution in [2.24, 2.45) is 0 Å². The summed E-state index contributed by atoms with van der Waals surface area (Å²) in [5.41, 5.74) is 1.98. The van der Waals surface area contributed by atoms with Crippen LogP contribution in [-0.2, 0) is 6.42 Å². The lowest BCUT2D eigenvalue weighted by Crippen LogP contribution is -2.10. The fourth-order valence-corrected chi connectivity index (χ4v) is 1.81. The van der Waals surface area contributed by atoms with Crippen molar-refractivity contribution in [3.63, 3.8) is 0 Å². The Bertz CT molecular complexity index is 331. The van der Waals surface area contributed by atoms with Crippen LogP contribution in [0.1, 0.15) is 28.8 Å². The van der Waals surface area contributed by atoms with E-state index in [0.29, 0.717) is 6.42 Å². The van der Waals surface area contributed by atoms with Crippen molar-refractivity contribution in [3.05, 3.63) is 34.3 Å². The van der Waals surface area contributed by atoms with Gasteiger partial charge in [0, 0.05) is 17.0 Å². The zero-order valence-corrected chi connectivity index (χ0v) is 7.40. The number of halogens is 1. The summed E-state index contributed by atoms with van der Waals surface area (Å²) in [6, 6.07) is 5.51. The lowest BCUT2D eigenvalue weighted by molar-refractivity contribution is 0.0972. The molecule has 1 nitrogen and oxygen atoms in total. The Morgan fingerprint density at radius 1 is 1.25 bits per heavy atom. The zero-order chi connectivity index (χ0) is 8.55. The molecule has 2 rings (SSSR count). The van der Waals surface area contributed by atoms with E-state index in [1.54, 1.807) is 6.07 Å². The molecule has 0 radical (unpaired) electrons. The predicted molar refractivity (Wildman–Crippen MR) is 48.7 cm³/mol. The number of hydrogen-bond acceptors (Lipinski definition) is 1. The molecule has 0 bridgehead atoms. The van der Waals surface area contributed by atoms with Gasteiger partial charge in [-0.15, -0.1) is 0 Å². The normalized spacial score (nSPS) is 15.9. The predicted octanol–water partition coefficient (Wildman–Crippen LogP) is 2.86. The molecule has 2 heteroatoms. The molecule has 0 saturated carbocycles. The van der Waals surface area contributed by atoms with Crippen molar-refractivity contribution < 1.29 is 4.79 Å². The third kappa shape index (κ3) is 1.25. The SMILES string of the molecule is O=C1CCCc2cc(Cl)ccc21. The van der Waals surface area contributed by atoms with E-state index < -0.39 is 0 Å². The Morgan fingerprint density at radius 2 is 2.08 bits per heavy atom. The maximum atomic E-state index is 11.4. The van der Waals surface area contributed by atoms with Crippen LogP contribution in [0.3, 0.4) is 0 Å². The van der Waals surface area contributed by atoms with Gasteiger partial charge in [0.05, 0.1) is 0 Å². The van der Waals surface area contributed by atoms with Crippen LogP contribution >= 0.6 is 11.6 Å². The number of fused-ring (bicyclic) bond motifs is 1. The minimum Gasteiger partial charge on any atom is -0.294 e. The van der Waals surface area contributed by atoms with Crippen molar-refractivity contribution in [1.29, 1.82) is 0 Å². The van der Waals surface area contributed by atoms with Crippen LogP contribution in [0.2, 0.25) is 5.02 Å². The lowest BCUT2D eigenvalue weighted by Gasteiger charge is -2.13. The van der Waals surface area contributed by atoms with Gasteiger partial charge in [0.2, 0.25) is 0 Å². The van der Waals surface area contributed by atoms with Gasteiger partial charge in [0.15, 0.2) is 5.78 Å². The Labute approximate surface area is 76.4 Å². The molecule has 0 unspecified atom stereocenters. The molecule has 0 amide bonds. The molecule has 0 fully saturated rings. The summed E-state index contributed by atoms with van der Waals surface area (Å²) in [7, 11) is 0. The van der Waals surface area contributed by atoms with Crippen LogP contribution in [0.4, 0.5) is 0 Å². The molecule has 1 aliphatic rings. The van der Waals surface area contributed by atoms with Crippen LogP contribution in [0.5, 0.6) is 0 Å². The summed E-state index contributed by atoms with van der Waals surface area (Å²) < 4.78 is 0. The second kappa shape index (κ2) is 2.91. The number of carbonyl (C=O) groups excluding carboxylic acids is 1. The van der Waals surface area contributed by atoms with Crippen LogP contribution in [-0.4, -0.2) is 5.78 Å². The second-order valence-corrected chi connectivity index (χ2v) is 3.51. The van der Waals surface area contributed by atoms with E-state index in [1.165, 1.54) is 0 Å². The van der Waals surface area contributed by atoms with E-state index in [1.807, 2.05) is 12.1 Å². The van der Waals surface area contributed by atoms with Gasteiger partial charge in [-0.3, -0.25) is 4.79 Å². The van der Waals surface area contributed by atoms with Crippen molar-refractivity contribution >= 4 is 17.4 Å². The van der Waals surface area contributed by atoms with E-state index in [9.17, 15) is 4.79 Å². The van der Waals surface area contributed by atoms with Crippen LogP contribution < -0.4 is 0 Å². The average molecular weight is 181 g/mol. The van der Waals surface area contributed by atoms with Crippen molar-refractivity contribution in [1.82, 2.24) is 0 Å². The van der Waals surface area contributed by atoms with Gasteiger partial charge < -0.3 is 0 Å². The number of benzene rings is 1.